The van der Waals surface area contributed by atoms with Crippen molar-refractivity contribution in [3.05, 3.63) is 67.0 Å². The summed E-state index contributed by atoms with van der Waals surface area (Å²) in [5.41, 5.74) is 2.05. The van der Waals surface area contributed by atoms with Gasteiger partial charge in [-0.25, -0.2) is 19.9 Å². The highest BCUT2D eigenvalue weighted by Crippen LogP contribution is 2.35. The second-order valence-corrected chi connectivity index (χ2v) is 6.50. The molecule has 0 unspecified atom stereocenters. The maximum absolute atomic E-state index is 12.2. The number of nitrogens with zero attached hydrogens (tertiary/aromatic N) is 4. The SMILES string of the molecule is COc1cc2ncnc(Oc3ccc(CC(=O)Nc4cncnc4)cc3)c2cc1OC. The Balaban J connectivity index is 1.49. The molecule has 2 aromatic carbocycles. The number of benzene rings is 2. The van der Waals surface area contributed by atoms with Crippen molar-refractivity contribution in [2.24, 2.45) is 0 Å². The van der Waals surface area contributed by atoms with Crippen LogP contribution in [-0.2, 0) is 11.2 Å². The smallest absolute Gasteiger partial charge is 0.230 e. The van der Waals surface area contributed by atoms with Crippen molar-refractivity contribution < 1.29 is 19.0 Å². The highest BCUT2D eigenvalue weighted by Gasteiger charge is 2.13. The second-order valence-electron chi connectivity index (χ2n) is 6.50. The number of aromatic nitrogens is 4. The molecule has 0 saturated heterocycles. The Bertz CT molecular complexity index is 1200. The lowest BCUT2D eigenvalue weighted by atomic mass is 10.1. The summed E-state index contributed by atoms with van der Waals surface area (Å²) in [7, 11) is 3.13. The number of hydrogen-bond donors (Lipinski definition) is 1. The van der Waals surface area contributed by atoms with Gasteiger partial charge in [-0.1, -0.05) is 12.1 Å². The maximum atomic E-state index is 12.2. The van der Waals surface area contributed by atoms with Gasteiger partial charge in [-0.05, 0) is 23.8 Å². The monoisotopic (exact) mass is 417 g/mol. The van der Waals surface area contributed by atoms with Crippen LogP contribution in [0.2, 0.25) is 0 Å². The van der Waals surface area contributed by atoms with Crippen LogP contribution in [0.4, 0.5) is 5.69 Å². The van der Waals surface area contributed by atoms with Crippen LogP contribution in [0.5, 0.6) is 23.1 Å². The summed E-state index contributed by atoms with van der Waals surface area (Å²) in [6.07, 6.45) is 6.12. The molecular weight excluding hydrogens is 398 g/mol. The van der Waals surface area contributed by atoms with Gasteiger partial charge in [0.15, 0.2) is 11.5 Å². The van der Waals surface area contributed by atoms with Gasteiger partial charge in [-0.3, -0.25) is 4.79 Å². The van der Waals surface area contributed by atoms with E-state index in [4.69, 9.17) is 14.2 Å². The third kappa shape index (κ3) is 4.67. The normalized spacial score (nSPS) is 10.5. The van der Waals surface area contributed by atoms with Gasteiger partial charge < -0.3 is 19.5 Å². The number of ether oxygens (including phenoxy) is 3. The number of amides is 1. The van der Waals surface area contributed by atoms with Crippen LogP contribution in [0, 0.1) is 0 Å². The summed E-state index contributed by atoms with van der Waals surface area (Å²) in [6.45, 7) is 0. The van der Waals surface area contributed by atoms with E-state index in [2.05, 4.69) is 25.3 Å². The predicted octanol–water partition coefficient (Wildman–Crippen LogP) is 3.41. The zero-order chi connectivity index (χ0) is 21.6. The molecule has 0 saturated carbocycles. The Morgan fingerprint density at radius 3 is 2.35 bits per heavy atom. The molecule has 1 amide bonds. The van der Waals surface area contributed by atoms with E-state index in [1.807, 2.05) is 12.1 Å². The van der Waals surface area contributed by atoms with E-state index in [1.165, 1.54) is 12.7 Å². The minimum atomic E-state index is -0.161. The van der Waals surface area contributed by atoms with E-state index in [9.17, 15) is 4.79 Å². The summed E-state index contributed by atoms with van der Waals surface area (Å²) >= 11 is 0. The van der Waals surface area contributed by atoms with Gasteiger partial charge in [0, 0.05) is 6.07 Å². The average Bonchev–Trinajstić information content (AvgIpc) is 2.80. The molecule has 1 N–H and O–H groups in total. The summed E-state index contributed by atoms with van der Waals surface area (Å²) < 4.78 is 16.6. The third-order valence-corrected chi connectivity index (χ3v) is 4.45. The van der Waals surface area contributed by atoms with Crippen molar-refractivity contribution in [2.45, 2.75) is 6.42 Å². The maximum Gasteiger partial charge on any atom is 0.230 e. The first kappa shape index (κ1) is 20.0. The van der Waals surface area contributed by atoms with Crippen molar-refractivity contribution in [3.8, 4) is 23.1 Å². The van der Waals surface area contributed by atoms with Crippen molar-refractivity contribution in [1.29, 1.82) is 0 Å². The first-order chi connectivity index (χ1) is 15.2. The largest absolute Gasteiger partial charge is 0.493 e. The number of rotatable bonds is 7. The molecule has 0 atom stereocenters. The fraction of sp³-hybridized carbons (Fsp3) is 0.136. The fourth-order valence-electron chi connectivity index (χ4n) is 2.98. The van der Waals surface area contributed by atoms with Crippen LogP contribution in [0.25, 0.3) is 10.9 Å². The molecule has 0 aliphatic heterocycles. The number of anilines is 1. The van der Waals surface area contributed by atoms with Gasteiger partial charge in [0.05, 0.1) is 49.6 Å². The van der Waals surface area contributed by atoms with Crippen LogP contribution in [0.1, 0.15) is 5.56 Å². The Hall–Kier alpha value is -4.27. The van der Waals surface area contributed by atoms with Crippen molar-refractivity contribution in [3.63, 3.8) is 0 Å². The number of fused-ring (bicyclic) bond motifs is 1. The summed E-state index contributed by atoms with van der Waals surface area (Å²) in [6, 6.07) is 10.7. The van der Waals surface area contributed by atoms with E-state index >= 15 is 0 Å². The van der Waals surface area contributed by atoms with Crippen molar-refractivity contribution >= 4 is 22.5 Å². The molecular formula is C22H19N5O4. The van der Waals surface area contributed by atoms with Crippen LogP contribution in [0.15, 0.2) is 61.4 Å². The van der Waals surface area contributed by atoms with E-state index < -0.39 is 0 Å². The molecule has 9 heteroatoms. The van der Waals surface area contributed by atoms with E-state index in [0.717, 1.165) is 5.56 Å². The molecule has 4 rings (SSSR count). The molecule has 9 nitrogen and oxygen atoms in total. The van der Waals surface area contributed by atoms with E-state index in [1.54, 1.807) is 50.9 Å². The predicted molar refractivity (Wildman–Crippen MR) is 114 cm³/mol. The lowest BCUT2D eigenvalue weighted by Crippen LogP contribution is -2.14. The molecule has 2 heterocycles. The molecule has 0 aliphatic rings. The number of carbonyl (C=O) groups is 1. The van der Waals surface area contributed by atoms with Crippen LogP contribution in [0.3, 0.4) is 0 Å². The zero-order valence-electron chi connectivity index (χ0n) is 16.9. The Kier molecular flexibility index (Phi) is 5.84. The first-order valence-electron chi connectivity index (χ1n) is 9.34. The topological polar surface area (TPSA) is 108 Å². The summed E-state index contributed by atoms with van der Waals surface area (Å²) in [5, 5.41) is 3.44. The Morgan fingerprint density at radius 1 is 0.935 bits per heavy atom. The van der Waals surface area contributed by atoms with Gasteiger partial charge in [0.2, 0.25) is 11.8 Å². The fourth-order valence-corrected chi connectivity index (χ4v) is 2.98. The van der Waals surface area contributed by atoms with Gasteiger partial charge in [0.25, 0.3) is 0 Å². The lowest BCUT2D eigenvalue weighted by Gasteiger charge is -2.11. The van der Waals surface area contributed by atoms with Gasteiger partial charge >= 0.3 is 0 Å². The van der Waals surface area contributed by atoms with Crippen LogP contribution >= 0.6 is 0 Å². The highest BCUT2D eigenvalue weighted by atomic mass is 16.5. The molecule has 0 radical (unpaired) electrons. The number of hydrogen-bond acceptors (Lipinski definition) is 8. The molecule has 4 aromatic rings. The molecule has 156 valence electrons. The van der Waals surface area contributed by atoms with Gasteiger partial charge in [-0.15, -0.1) is 0 Å². The minimum absolute atomic E-state index is 0.161. The van der Waals surface area contributed by atoms with Crippen LogP contribution in [-0.4, -0.2) is 40.1 Å². The summed E-state index contributed by atoms with van der Waals surface area (Å²) in [5.74, 6) is 1.94. The van der Waals surface area contributed by atoms with E-state index in [0.29, 0.717) is 39.7 Å². The highest BCUT2D eigenvalue weighted by molar-refractivity contribution is 5.92. The standard InChI is InChI=1S/C22H19N5O4/c1-29-19-8-17-18(9-20(19)30-2)25-13-26-22(17)31-16-5-3-14(4-6-16)7-21(28)27-15-10-23-12-24-11-15/h3-6,8-13H,7H2,1-2H3,(H,27,28). The molecule has 0 fully saturated rings. The number of nitrogens with one attached hydrogen (secondary N) is 1. The Morgan fingerprint density at radius 2 is 1.65 bits per heavy atom. The Labute approximate surface area is 178 Å². The first-order valence-corrected chi connectivity index (χ1v) is 9.34. The minimum Gasteiger partial charge on any atom is -0.493 e. The van der Waals surface area contributed by atoms with Crippen molar-refractivity contribution in [1.82, 2.24) is 19.9 Å². The molecule has 0 spiro atoms. The molecule has 2 aromatic heterocycles. The lowest BCUT2D eigenvalue weighted by molar-refractivity contribution is -0.115. The van der Waals surface area contributed by atoms with Gasteiger partial charge in [0.1, 0.15) is 18.4 Å². The van der Waals surface area contributed by atoms with Gasteiger partial charge in [-0.2, -0.15) is 0 Å². The zero-order valence-corrected chi connectivity index (χ0v) is 16.9. The molecule has 31 heavy (non-hydrogen) atoms. The average molecular weight is 417 g/mol. The second kappa shape index (κ2) is 9.04. The van der Waals surface area contributed by atoms with Crippen LogP contribution < -0.4 is 19.5 Å². The number of methoxy groups -OCH3 is 2. The molecule has 0 aliphatic carbocycles. The third-order valence-electron chi connectivity index (χ3n) is 4.45. The van der Waals surface area contributed by atoms with E-state index in [-0.39, 0.29) is 12.3 Å². The number of carbonyl (C=O) groups excluding carboxylic acids is 1. The molecule has 0 bridgehead atoms. The quantitative estimate of drug-likeness (QED) is 0.487. The van der Waals surface area contributed by atoms with Crippen molar-refractivity contribution in [2.75, 3.05) is 19.5 Å². The summed E-state index contributed by atoms with van der Waals surface area (Å²) in [4.78, 5) is 28.4.